The molecule has 106 valence electrons. The third-order valence-corrected chi connectivity index (χ3v) is 5.06. The zero-order valence-electron chi connectivity index (χ0n) is 11.9. The van der Waals surface area contributed by atoms with E-state index < -0.39 is 0 Å². The second-order valence-electron chi connectivity index (χ2n) is 5.35. The maximum atomic E-state index is 9.55. The lowest BCUT2D eigenvalue weighted by molar-refractivity contribution is 0.573. The molecule has 0 saturated heterocycles. The molecule has 0 radical (unpaired) electrons. The molecule has 2 aromatic carbocycles. The zero-order chi connectivity index (χ0) is 14.9. The average Bonchev–Trinajstić information content (AvgIpc) is 3.20. The maximum Gasteiger partial charge on any atom is 0.131 e. The number of nitrogens with zero attached hydrogens (tertiary/aromatic N) is 1. The highest BCUT2D eigenvalue weighted by atomic mass is 32.1. The SMILES string of the molecule is N#C[C@@H](NC1c2ccccc2-c2ccccc21)c1cccs1. The molecule has 1 aliphatic carbocycles. The maximum absolute atomic E-state index is 9.55. The first kappa shape index (κ1) is 13.3. The molecule has 1 aliphatic rings. The summed E-state index contributed by atoms with van der Waals surface area (Å²) in [4.78, 5) is 1.06. The Hall–Kier alpha value is -2.41. The highest BCUT2D eigenvalue weighted by molar-refractivity contribution is 7.10. The van der Waals surface area contributed by atoms with E-state index in [0.717, 1.165) is 4.88 Å². The summed E-state index contributed by atoms with van der Waals surface area (Å²) in [6.45, 7) is 0. The van der Waals surface area contributed by atoms with E-state index in [9.17, 15) is 5.26 Å². The first-order chi connectivity index (χ1) is 10.9. The third-order valence-electron chi connectivity index (χ3n) is 4.12. The standard InChI is InChI=1S/C19H14N2S/c20-12-17(18-10-5-11-22-18)21-19-15-8-3-1-6-13(15)14-7-2-4-9-16(14)19/h1-11,17,19,21H/t17-/m1/s1. The van der Waals surface area contributed by atoms with Crippen molar-refractivity contribution in [2.24, 2.45) is 0 Å². The van der Waals surface area contributed by atoms with Gasteiger partial charge < -0.3 is 0 Å². The van der Waals surface area contributed by atoms with E-state index in [1.54, 1.807) is 11.3 Å². The number of rotatable bonds is 3. The summed E-state index contributed by atoms with van der Waals surface area (Å²) in [6.07, 6.45) is 0. The summed E-state index contributed by atoms with van der Waals surface area (Å²) in [7, 11) is 0. The van der Waals surface area contributed by atoms with E-state index in [-0.39, 0.29) is 12.1 Å². The van der Waals surface area contributed by atoms with Crippen molar-refractivity contribution in [3.8, 4) is 17.2 Å². The molecule has 1 heterocycles. The molecule has 22 heavy (non-hydrogen) atoms. The van der Waals surface area contributed by atoms with Crippen LogP contribution < -0.4 is 5.32 Å². The molecule has 2 nitrogen and oxygen atoms in total. The normalized spacial score (nSPS) is 14.1. The van der Waals surface area contributed by atoms with Gasteiger partial charge in [0, 0.05) is 4.88 Å². The van der Waals surface area contributed by atoms with Gasteiger partial charge in [-0.1, -0.05) is 54.6 Å². The van der Waals surface area contributed by atoms with Crippen LogP contribution in [0.25, 0.3) is 11.1 Å². The Kier molecular flexibility index (Phi) is 3.27. The lowest BCUT2D eigenvalue weighted by atomic mass is 10.0. The number of hydrogen-bond acceptors (Lipinski definition) is 3. The van der Waals surface area contributed by atoms with Crippen LogP contribution in [0.5, 0.6) is 0 Å². The molecular formula is C19H14N2S. The van der Waals surface area contributed by atoms with Crippen LogP contribution in [0.1, 0.15) is 28.1 Å². The fraction of sp³-hybridized carbons (Fsp3) is 0.105. The minimum atomic E-state index is -0.288. The Morgan fingerprint density at radius 2 is 1.55 bits per heavy atom. The molecule has 1 atom stereocenters. The van der Waals surface area contributed by atoms with E-state index in [4.69, 9.17) is 0 Å². The predicted molar refractivity (Wildman–Crippen MR) is 89.5 cm³/mol. The van der Waals surface area contributed by atoms with Gasteiger partial charge in [-0.3, -0.25) is 5.32 Å². The van der Waals surface area contributed by atoms with Crippen LogP contribution in [0.15, 0.2) is 66.0 Å². The van der Waals surface area contributed by atoms with Gasteiger partial charge in [0.1, 0.15) is 6.04 Å². The molecule has 1 aromatic heterocycles. The molecular weight excluding hydrogens is 288 g/mol. The number of nitrogens with one attached hydrogen (secondary N) is 1. The van der Waals surface area contributed by atoms with Crippen LogP contribution >= 0.6 is 11.3 Å². The second kappa shape index (κ2) is 5.42. The Balaban J connectivity index is 1.77. The van der Waals surface area contributed by atoms with Crippen molar-refractivity contribution < 1.29 is 0 Å². The van der Waals surface area contributed by atoms with Crippen molar-refractivity contribution >= 4 is 11.3 Å². The van der Waals surface area contributed by atoms with E-state index in [1.807, 2.05) is 17.5 Å². The van der Waals surface area contributed by atoms with Crippen molar-refractivity contribution in [2.45, 2.75) is 12.1 Å². The summed E-state index contributed by atoms with van der Waals surface area (Å²) < 4.78 is 0. The number of benzene rings is 2. The summed E-state index contributed by atoms with van der Waals surface area (Å²) in [5.41, 5.74) is 5.03. The summed E-state index contributed by atoms with van der Waals surface area (Å²) in [5, 5.41) is 15.1. The molecule has 0 fully saturated rings. The van der Waals surface area contributed by atoms with Crippen molar-refractivity contribution in [1.82, 2.24) is 5.32 Å². The highest BCUT2D eigenvalue weighted by Crippen LogP contribution is 2.44. The van der Waals surface area contributed by atoms with E-state index in [0.29, 0.717) is 0 Å². The second-order valence-corrected chi connectivity index (χ2v) is 6.33. The monoisotopic (exact) mass is 302 g/mol. The van der Waals surface area contributed by atoms with Gasteiger partial charge >= 0.3 is 0 Å². The Bertz CT molecular complexity index is 800. The third kappa shape index (κ3) is 2.05. The van der Waals surface area contributed by atoms with Gasteiger partial charge in [-0.2, -0.15) is 5.26 Å². The largest absolute Gasteiger partial charge is 0.287 e. The van der Waals surface area contributed by atoms with Gasteiger partial charge in [0.05, 0.1) is 12.1 Å². The molecule has 4 rings (SSSR count). The first-order valence-electron chi connectivity index (χ1n) is 7.26. The number of thiophene rings is 1. The minimum Gasteiger partial charge on any atom is -0.287 e. The van der Waals surface area contributed by atoms with Crippen LogP contribution in [0.3, 0.4) is 0 Å². The van der Waals surface area contributed by atoms with Crippen LogP contribution in [0, 0.1) is 11.3 Å². The molecule has 0 bridgehead atoms. The molecule has 0 unspecified atom stereocenters. The van der Waals surface area contributed by atoms with E-state index in [1.165, 1.54) is 22.3 Å². The van der Waals surface area contributed by atoms with Gasteiger partial charge in [-0.05, 0) is 33.7 Å². The zero-order valence-corrected chi connectivity index (χ0v) is 12.7. The number of nitriles is 1. The fourth-order valence-electron chi connectivity index (χ4n) is 3.14. The average molecular weight is 302 g/mol. The van der Waals surface area contributed by atoms with Gasteiger partial charge in [0.15, 0.2) is 0 Å². The predicted octanol–water partition coefficient (Wildman–Crippen LogP) is 4.67. The topological polar surface area (TPSA) is 35.8 Å². The highest BCUT2D eigenvalue weighted by Gasteiger charge is 2.30. The Labute approximate surface area is 133 Å². The van der Waals surface area contributed by atoms with Crippen LogP contribution in [-0.4, -0.2) is 0 Å². The Morgan fingerprint density at radius 3 is 2.09 bits per heavy atom. The van der Waals surface area contributed by atoms with Crippen molar-refractivity contribution in [1.29, 1.82) is 5.26 Å². The Morgan fingerprint density at radius 1 is 0.909 bits per heavy atom. The minimum absolute atomic E-state index is 0.0687. The molecule has 3 heteroatoms. The van der Waals surface area contributed by atoms with Crippen LogP contribution in [0.4, 0.5) is 0 Å². The van der Waals surface area contributed by atoms with Crippen molar-refractivity contribution in [3.05, 3.63) is 82.0 Å². The first-order valence-corrected chi connectivity index (χ1v) is 8.14. The van der Waals surface area contributed by atoms with Crippen molar-refractivity contribution in [2.75, 3.05) is 0 Å². The molecule has 1 N–H and O–H groups in total. The summed E-state index contributed by atoms with van der Waals surface area (Å²) in [5.74, 6) is 0. The molecule has 0 saturated carbocycles. The molecule has 0 amide bonds. The number of hydrogen-bond donors (Lipinski definition) is 1. The van der Waals surface area contributed by atoms with Crippen LogP contribution in [0.2, 0.25) is 0 Å². The lowest BCUT2D eigenvalue weighted by Gasteiger charge is -2.19. The lowest BCUT2D eigenvalue weighted by Crippen LogP contribution is -2.24. The van der Waals surface area contributed by atoms with Gasteiger partial charge in [-0.25, -0.2) is 0 Å². The number of fused-ring (bicyclic) bond motifs is 3. The molecule has 0 aliphatic heterocycles. The molecule has 3 aromatic rings. The van der Waals surface area contributed by atoms with Crippen molar-refractivity contribution in [3.63, 3.8) is 0 Å². The van der Waals surface area contributed by atoms with Gasteiger partial charge in [-0.15, -0.1) is 11.3 Å². The fourth-order valence-corrected chi connectivity index (χ4v) is 3.87. The quantitative estimate of drug-likeness (QED) is 0.763. The van der Waals surface area contributed by atoms with E-state index in [2.05, 4.69) is 59.9 Å². The molecule has 0 spiro atoms. The van der Waals surface area contributed by atoms with Gasteiger partial charge in [0.25, 0.3) is 0 Å². The smallest absolute Gasteiger partial charge is 0.131 e. The van der Waals surface area contributed by atoms with E-state index >= 15 is 0 Å². The summed E-state index contributed by atoms with van der Waals surface area (Å²) in [6, 6.07) is 23.0. The summed E-state index contributed by atoms with van der Waals surface area (Å²) >= 11 is 1.62. The van der Waals surface area contributed by atoms with Gasteiger partial charge in [0.2, 0.25) is 0 Å². The van der Waals surface area contributed by atoms with Crippen LogP contribution in [-0.2, 0) is 0 Å².